The average Bonchev–Trinajstić information content (AvgIpc) is 2.10. The molecule has 0 saturated heterocycles. The van der Waals surface area contributed by atoms with Crippen molar-refractivity contribution < 1.29 is 10.4 Å². The van der Waals surface area contributed by atoms with Crippen molar-refractivity contribution >= 4 is 0 Å². The Morgan fingerprint density at radius 1 is 0.786 bits per heavy atom. The molecule has 2 radical (unpaired) electrons. The number of hydroxylamine groups is 4. The molecule has 1 saturated carbocycles. The van der Waals surface area contributed by atoms with Crippen LogP contribution >= 0.6 is 0 Å². The largest absolute Gasteiger partial charge is 0.152 e. The van der Waals surface area contributed by atoms with Crippen LogP contribution in [0.5, 0.6) is 0 Å². The molecule has 82 valence electrons. The second-order valence-corrected chi connectivity index (χ2v) is 4.99. The van der Waals surface area contributed by atoms with Crippen molar-refractivity contribution in [3.05, 3.63) is 0 Å². The molecule has 4 heteroatoms. The standard InChI is InChI=1S/C10H20N2O2/c1-9(11(3)13)5-7-10(2,8-6-9)12(4)14/h5-8H2,1-4H3. The molecule has 0 aromatic rings. The van der Waals surface area contributed by atoms with Crippen LogP contribution in [0.4, 0.5) is 0 Å². The van der Waals surface area contributed by atoms with Crippen LogP contribution in [0.3, 0.4) is 0 Å². The monoisotopic (exact) mass is 200 g/mol. The summed E-state index contributed by atoms with van der Waals surface area (Å²) in [6.45, 7) is 3.95. The van der Waals surface area contributed by atoms with Crippen LogP contribution < -0.4 is 0 Å². The Balaban J connectivity index is 2.62. The summed E-state index contributed by atoms with van der Waals surface area (Å²) in [5, 5.41) is 24.7. The molecule has 4 nitrogen and oxygen atoms in total. The summed E-state index contributed by atoms with van der Waals surface area (Å²) >= 11 is 0. The van der Waals surface area contributed by atoms with Crippen LogP contribution in [0, 0.1) is 0 Å². The van der Waals surface area contributed by atoms with E-state index in [4.69, 9.17) is 0 Å². The van der Waals surface area contributed by atoms with Crippen LogP contribution in [0.2, 0.25) is 0 Å². The fourth-order valence-corrected chi connectivity index (χ4v) is 1.96. The lowest BCUT2D eigenvalue weighted by molar-refractivity contribution is -0.245. The van der Waals surface area contributed by atoms with Crippen molar-refractivity contribution in [3.8, 4) is 0 Å². The molecule has 0 N–H and O–H groups in total. The normalized spacial score (nSPS) is 39.4. The quantitative estimate of drug-likeness (QED) is 0.636. The summed E-state index contributed by atoms with van der Waals surface area (Å²) < 4.78 is 0. The third-order valence-electron chi connectivity index (χ3n) is 3.92. The van der Waals surface area contributed by atoms with Crippen molar-refractivity contribution in [1.29, 1.82) is 0 Å². The maximum absolute atomic E-state index is 11.3. The molecule has 0 unspecified atom stereocenters. The van der Waals surface area contributed by atoms with Gasteiger partial charge in [0.25, 0.3) is 0 Å². The Hall–Kier alpha value is -0.160. The van der Waals surface area contributed by atoms with Gasteiger partial charge in [0.05, 0.1) is 0 Å². The zero-order valence-corrected chi connectivity index (χ0v) is 9.54. The van der Waals surface area contributed by atoms with E-state index in [1.165, 1.54) is 0 Å². The van der Waals surface area contributed by atoms with Gasteiger partial charge in [-0.2, -0.15) is 10.1 Å². The molecule has 0 spiro atoms. The van der Waals surface area contributed by atoms with Crippen LogP contribution in [-0.2, 0) is 10.4 Å². The number of hydrogen-bond donors (Lipinski definition) is 0. The Morgan fingerprint density at radius 3 is 1.14 bits per heavy atom. The lowest BCUT2D eigenvalue weighted by Gasteiger charge is -2.45. The predicted octanol–water partition coefficient (Wildman–Crippen LogP) is 1.63. The Morgan fingerprint density at radius 2 is 1.00 bits per heavy atom. The fraction of sp³-hybridized carbons (Fsp3) is 1.00. The first-order chi connectivity index (χ1) is 6.30. The Kier molecular flexibility index (Phi) is 3.21. The number of rotatable bonds is 2. The smallest absolute Gasteiger partial charge is 0.0463 e. The summed E-state index contributed by atoms with van der Waals surface area (Å²) in [5.74, 6) is 0. The van der Waals surface area contributed by atoms with E-state index in [2.05, 4.69) is 0 Å². The fourth-order valence-electron chi connectivity index (χ4n) is 1.96. The van der Waals surface area contributed by atoms with E-state index in [0.29, 0.717) is 0 Å². The van der Waals surface area contributed by atoms with Crippen molar-refractivity contribution in [2.24, 2.45) is 0 Å². The molecule has 0 atom stereocenters. The first-order valence-corrected chi connectivity index (χ1v) is 5.12. The lowest BCUT2D eigenvalue weighted by atomic mass is 9.74. The van der Waals surface area contributed by atoms with Gasteiger partial charge in [-0.1, -0.05) is 0 Å². The van der Waals surface area contributed by atoms with Crippen LogP contribution in [-0.4, -0.2) is 35.3 Å². The van der Waals surface area contributed by atoms with E-state index in [1.54, 1.807) is 14.1 Å². The molecule has 0 amide bonds. The summed E-state index contributed by atoms with van der Waals surface area (Å²) in [6.07, 6.45) is 3.21. The van der Waals surface area contributed by atoms with Gasteiger partial charge in [0, 0.05) is 25.2 Å². The topological polar surface area (TPSA) is 46.3 Å². The van der Waals surface area contributed by atoms with Gasteiger partial charge >= 0.3 is 0 Å². The van der Waals surface area contributed by atoms with Gasteiger partial charge in [-0.15, -0.1) is 10.4 Å². The van der Waals surface area contributed by atoms with E-state index in [-0.39, 0.29) is 11.1 Å². The summed E-state index contributed by atoms with van der Waals surface area (Å²) in [7, 11) is 3.15. The minimum atomic E-state index is -0.268. The zero-order valence-electron chi connectivity index (χ0n) is 9.54. The van der Waals surface area contributed by atoms with Gasteiger partial charge in [-0.25, -0.2) is 0 Å². The zero-order chi connectivity index (χ0) is 11.0. The molecule has 14 heavy (non-hydrogen) atoms. The van der Waals surface area contributed by atoms with Crippen LogP contribution in [0.25, 0.3) is 0 Å². The maximum atomic E-state index is 11.3. The molecule has 1 rings (SSSR count). The number of hydrogen-bond acceptors (Lipinski definition) is 2. The Bertz CT molecular complexity index is 174. The van der Waals surface area contributed by atoms with E-state index in [9.17, 15) is 10.4 Å². The minimum absolute atomic E-state index is 0.268. The van der Waals surface area contributed by atoms with Crippen molar-refractivity contribution in [2.75, 3.05) is 14.1 Å². The maximum Gasteiger partial charge on any atom is 0.0463 e. The minimum Gasteiger partial charge on any atom is -0.152 e. The van der Waals surface area contributed by atoms with E-state index < -0.39 is 0 Å². The van der Waals surface area contributed by atoms with Gasteiger partial charge in [0.1, 0.15) is 0 Å². The third kappa shape index (κ3) is 2.08. The molecule has 0 aromatic carbocycles. The first kappa shape index (κ1) is 11.9. The molecule has 1 fully saturated rings. The van der Waals surface area contributed by atoms with Gasteiger partial charge in [-0.05, 0) is 39.5 Å². The summed E-state index contributed by atoms with van der Waals surface area (Å²) in [5.41, 5.74) is -0.537. The van der Waals surface area contributed by atoms with Crippen molar-refractivity contribution in [2.45, 2.75) is 50.6 Å². The number of nitrogens with zero attached hydrogens (tertiary/aromatic N) is 2. The second-order valence-electron chi connectivity index (χ2n) is 4.99. The highest BCUT2D eigenvalue weighted by Gasteiger charge is 2.42. The second kappa shape index (κ2) is 3.77. The van der Waals surface area contributed by atoms with Gasteiger partial charge in [0.15, 0.2) is 0 Å². The van der Waals surface area contributed by atoms with Crippen LogP contribution in [0.15, 0.2) is 0 Å². The highest BCUT2D eigenvalue weighted by Crippen LogP contribution is 2.39. The van der Waals surface area contributed by atoms with E-state index in [0.717, 1.165) is 35.8 Å². The average molecular weight is 200 g/mol. The molecule has 1 aliphatic carbocycles. The molecule has 0 aliphatic heterocycles. The van der Waals surface area contributed by atoms with Crippen LogP contribution in [0.1, 0.15) is 39.5 Å². The van der Waals surface area contributed by atoms with Gasteiger partial charge in [0.2, 0.25) is 0 Å². The highest BCUT2D eigenvalue weighted by atomic mass is 16.5. The molecule has 1 aliphatic rings. The lowest BCUT2D eigenvalue weighted by Crippen LogP contribution is -2.52. The predicted molar refractivity (Wildman–Crippen MR) is 52.2 cm³/mol. The van der Waals surface area contributed by atoms with E-state index in [1.807, 2.05) is 13.8 Å². The van der Waals surface area contributed by atoms with Gasteiger partial charge < -0.3 is 0 Å². The molecular formula is C10H20N2O2. The summed E-state index contributed by atoms with van der Waals surface area (Å²) in [4.78, 5) is 0. The van der Waals surface area contributed by atoms with E-state index >= 15 is 0 Å². The molecule has 0 aromatic heterocycles. The van der Waals surface area contributed by atoms with Crippen molar-refractivity contribution in [1.82, 2.24) is 10.1 Å². The third-order valence-corrected chi connectivity index (χ3v) is 3.92. The molecular weight excluding hydrogens is 180 g/mol. The highest BCUT2D eigenvalue weighted by molar-refractivity contribution is 4.95. The SMILES string of the molecule is CN([O])C1(C)CCC(C)(N(C)[O])CC1. The molecule has 0 bridgehead atoms. The Labute approximate surface area is 86.0 Å². The first-order valence-electron chi connectivity index (χ1n) is 5.12. The molecule has 0 heterocycles. The summed E-state index contributed by atoms with van der Waals surface area (Å²) in [6, 6.07) is 0. The van der Waals surface area contributed by atoms with Crippen molar-refractivity contribution in [3.63, 3.8) is 0 Å². The van der Waals surface area contributed by atoms with Gasteiger partial charge in [-0.3, -0.25) is 0 Å².